The molecule has 4 nitrogen and oxygen atoms in total. The molecule has 21 heavy (non-hydrogen) atoms. The van der Waals surface area contributed by atoms with Crippen LogP contribution >= 0.6 is 11.3 Å². The van der Waals surface area contributed by atoms with E-state index in [0.717, 1.165) is 23.1 Å². The summed E-state index contributed by atoms with van der Waals surface area (Å²) in [6, 6.07) is 5.59. The van der Waals surface area contributed by atoms with E-state index in [2.05, 4.69) is 17.7 Å². The summed E-state index contributed by atoms with van der Waals surface area (Å²) in [4.78, 5) is 11.9. The Labute approximate surface area is 126 Å². The molecule has 1 aromatic carbocycles. The Morgan fingerprint density at radius 2 is 2.19 bits per heavy atom. The molecule has 110 valence electrons. The Morgan fingerprint density at radius 1 is 1.38 bits per heavy atom. The lowest BCUT2D eigenvalue weighted by Gasteiger charge is -2.12. The average Bonchev–Trinajstić information content (AvgIpc) is 3.02. The molecule has 3 rings (SSSR count). The van der Waals surface area contributed by atoms with Crippen LogP contribution < -0.4 is 11.5 Å². The number of aryl methyl sites for hydroxylation is 2. The number of oxazole rings is 1. The number of rotatable bonds is 4. The quantitative estimate of drug-likeness (QED) is 0.803. The van der Waals surface area contributed by atoms with Gasteiger partial charge in [-0.3, -0.25) is 4.57 Å². The predicted molar refractivity (Wildman–Crippen MR) is 85.9 cm³/mol. The molecule has 2 heterocycles. The summed E-state index contributed by atoms with van der Waals surface area (Å²) in [5.74, 6) is -0.302. The predicted octanol–water partition coefficient (Wildman–Crippen LogP) is 3.42. The first-order valence-corrected chi connectivity index (χ1v) is 7.97. The smallest absolute Gasteiger partial charge is 0.408 e. The van der Waals surface area contributed by atoms with Gasteiger partial charge in [-0.05, 0) is 52.9 Å². The van der Waals surface area contributed by atoms with E-state index in [4.69, 9.17) is 10.2 Å². The second-order valence-electron chi connectivity index (χ2n) is 5.23. The molecule has 0 aliphatic rings. The van der Waals surface area contributed by atoms with Crippen LogP contribution in [0.4, 0.5) is 0 Å². The summed E-state index contributed by atoms with van der Waals surface area (Å²) >= 11 is 1.65. The third-order valence-electron chi connectivity index (χ3n) is 3.73. The Balaban J connectivity index is 2.06. The van der Waals surface area contributed by atoms with Gasteiger partial charge in [0.2, 0.25) is 0 Å². The lowest BCUT2D eigenvalue weighted by Crippen LogP contribution is -2.13. The molecule has 0 bridgehead atoms. The Hall–Kier alpha value is -1.85. The first-order chi connectivity index (χ1) is 10.1. The minimum Gasteiger partial charge on any atom is -0.408 e. The largest absolute Gasteiger partial charge is 0.419 e. The highest BCUT2D eigenvalue weighted by molar-refractivity contribution is 7.08. The van der Waals surface area contributed by atoms with Crippen molar-refractivity contribution in [2.45, 2.75) is 32.9 Å². The average molecular weight is 302 g/mol. The lowest BCUT2D eigenvalue weighted by atomic mass is 9.99. The van der Waals surface area contributed by atoms with Gasteiger partial charge in [-0.25, -0.2) is 4.79 Å². The topological polar surface area (TPSA) is 61.2 Å². The van der Waals surface area contributed by atoms with Gasteiger partial charge in [-0.2, -0.15) is 11.3 Å². The highest BCUT2D eigenvalue weighted by Gasteiger charge is 2.15. The van der Waals surface area contributed by atoms with Gasteiger partial charge in [0.15, 0.2) is 5.58 Å². The number of nitrogens with zero attached hydrogens (tertiary/aromatic N) is 1. The zero-order chi connectivity index (χ0) is 15.0. The van der Waals surface area contributed by atoms with Gasteiger partial charge in [0.1, 0.15) is 0 Å². The summed E-state index contributed by atoms with van der Waals surface area (Å²) in [7, 11) is 0. The van der Waals surface area contributed by atoms with E-state index in [-0.39, 0.29) is 11.8 Å². The van der Waals surface area contributed by atoms with E-state index >= 15 is 0 Å². The van der Waals surface area contributed by atoms with Crippen LogP contribution in [0.3, 0.4) is 0 Å². The van der Waals surface area contributed by atoms with Crippen molar-refractivity contribution in [3.63, 3.8) is 0 Å². The normalized spacial score (nSPS) is 12.9. The van der Waals surface area contributed by atoms with Gasteiger partial charge in [0, 0.05) is 6.54 Å². The van der Waals surface area contributed by atoms with Crippen molar-refractivity contribution in [1.82, 2.24) is 4.57 Å². The van der Waals surface area contributed by atoms with Crippen LogP contribution in [0.15, 0.2) is 38.2 Å². The molecule has 0 saturated carbocycles. The first kappa shape index (κ1) is 14.1. The van der Waals surface area contributed by atoms with Crippen molar-refractivity contribution in [2.75, 3.05) is 0 Å². The van der Waals surface area contributed by atoms with E-state index in [1.807, 2.05) is 25.1 Å². The molecule has 5 heteroatoms. The third kappa shape index (κ3) is 2.43. The number of hydrogen-bond donors (Lipinski definition) is 1. The number of fused-ring (bicyclic) bond motifs is 1. The Morgan fingerprint density at radius 3 is 2.86 bits per heavy atom. The van der Waals surface area contributed by atoms with Gasteiger partial charge in [-0.15, -0.1) is 0 Å². The van der Waals surface area contributed by atoms with Crippen LogP contribution in [-0.4, -0.2) is 4.57 Å². The van der Waals surface area contributed by atoms with Crippen molar-refractivity contribution >= 4 is 22.4 Å². The van der Waals surface area contributed by atoms with Crippen LogP contribution in [0.2, 0.25) is 0 Å². The maximum Gasteiger partial charge on any atom is 0.419 e. The minimum atomic E-state index is -0.302. The van der Waals surface area contributed by atoms with E-state index in [1.165, 1.54) is 5.56 Å². The van der Waals surface area contributed by atoms with Crippen molar-refractivity contribution < 1.29 is 4.42 Å². The monoisotopic (exact) mass is 302 g/mol. The van der Waals surface area contributed by atoms with Crippen molar-refractivity contribution in [2.24, 2.45) is 5.73 Å². The second-order valence-corrected chi connectivity index (χ2v) is 5.98. The molecule has 0 radical (unpaired) electrons. The molecular formula is C16H18N2O2S. The number of thiophene rings is 1. The van der Waals surface area contributed by atoms with Crippen molar-refractivity contribution in [1.29, 1.82) is 0 Å². The summed E-state index contributed by atoms with van der Waals surface area (Å²) in [6.45, 7) is 4.76. The maximum atomic E-state index is 11.9. The summed E-state index contributed by atoms with van der Waals surface area (Å²) in [6.07, 6.45) is 0.893. The lowest BCUT2D eigenvalue weighted by molar-refractivity contribution is 0.502. The molecule has 0 aliphatic heterocycles. The number of aromatic nitrogens is 1. The fraction of sp³-hybridized carbons (Fsp3) is 0.312. The zero-order valence-electron chi connectivity index (χ0n) is 12.1. The molecule has 3 aromatic rings. The van der Waals surface area contributed by atoms with Crippen molar-refractivity contribution in [3.8, 4) is 0 Å². The summed E-state index contributed by atoms with van der Waals surface area (Å²) in [5, 5.41) is 4.16. The molecule has 0 saturated heterocycles. The highest BCUT2D eigenvalue weighted by Crippen LogP contribution is 2.27. The van der Waals surface area contributed by atoms with Crippen LogP contribution in [0, 0.1) is 6.92 Å². The van der Waals surface area contributed by atoms with Crippen LogP contribution in [0.5, 0.6) is 0 Å². The fourth-order valence-electron chi connectivity index (χ4n) is 2.58. The van der Waals surface area contributed by atoms with Crippen LogP contribution in [-0.2, 0) is 6.54 Å². The molecule has 0 spiro atoms. The zero-order valence-corrected chi connectivity index (χ0v) is 12.9. The first-order valence-electron chi connectivity index (χ1n) is 7.03. The van der Waals surface area contributed by atoms with Crippen molar-refractivity contribution in [3.05, 3.63) is 56.2 Å². The SMILES string of the molecule is CCCn1c(=O)oc2cc(C(N)c3cscc3C)ccc21. The van der Waals surface area contributed by atoms with Gasteiger partial charge >= 0.3 is 5.76 Å². The van der Waals surface area contributed by atoms with Gasteiger partial charge < -0.3 is 10.2 Å². The highest BCUT2D eigenvalue weighted by atomic mass is 32.1. The van der Waals surface area contributed by atoms with Gasteiger partial charge in [0.05, 0.1) is 11.6 Å². The Bertz CT molecular complexity index is 828. The number of benzene rings is 1. The number of hydrogen-bond acceptors (Lipinski definition) is 4. The number of nitrogens with two attached hydrogens (primary N) is 1. The molecule has 0 aliphatic carbocycles. The standard InChI is InChI=1S/C16H18N2O2S/c1-3-6-18-13-5-4-11(7-14(13)20-16(18)19)15(17)12-9-21-8-10(12)2/h4-5,7-9,15H,3,6,17H2,1-2H3. The Kier molecular flexibility index (Phi) is 3.69. The molecule has 2 N–H and O–H groups in total. The maximum absolute atomic E-state index is 11.9. The summed E-state index contributed by atoms with van der Waals surface area (Å²) in [5.41, 5.74) is 11.0. The molecule has 1 atom stereocenters. The van der Waals surface area contributed by atoms with Gasteiger partial charge in [-0.1, -0.05) is 13.0 Å². The molecule has 1 unspecified atom stereocenters. The van der Waals surface area contributed by atoms with Crippen LogP contribution in [0.25, 0.3) is 11.1 Å². The molecule has 0 amide bonds. The molecule has 0 fully saturated rings. The fourth-order valence-corrected chi connectivity index (χ4v) is 3.47. The van der Waals surface area contributed by atoms with E-state index < -0.39 is 0 Å². The molecule has 2 aromatic heterocycles. The minimum absolute atomic E-state index is 0.194. The second kappa shape index (κ2) is 5.50. The molecular weight excluding hydrogens is 284 g/mol. The van der Waals surface area contributed by atoms with E-state index in [9.17, 15) is 4.79 Å². The summed E-state index contributed by atoms with van der Waals surface area (Å²) < 4.78 is 7.01. The van der Waals surface area contributed by atoms with E-state index in [1.54, 1.807) is 15.9 Å². The van der Waals surface area contributed by atoms with Gasteiger partial charge in [0.25, 0.3) is 0 Å². The van der Waals surface area contributed by atoms with E-state index in [0.29, 0.717) is 12.1 Å². The van der Waals surface area contributed by atoms with Crippen LogP contribution in [0.1, 0.15) is 36.1 Å². The third-order valence-corrected chi connectivity index (χ3v) is 4.61.